The van der Waals surface area contributed by atoms with Gasteiger partial charge in [-0.1, -0.05) is 6.92 Å². The zero-order valence-corrected chi connectivity index (χ0v) is 21.7. The molecule has 0 aromatic heterocycles. The third kappa shape index (κ3) is 4.71. The average molecular weight is 553 g/mol. The molecule has 0 saturated carbocycles. The predicted molar refractivity (Wildman–Crippen MR) is 145 cm³/mol. The van der Waals surface area contributed by atoms with Crippen LogP contribution in [0.3, 0.4) is 0 Å². The minimum absolute atomic E-state index is 0.00253. The highest BCUT2D eigenvalue weighted by atomic mass is 32.2. The second-order valence-electron chi connectivity index (χ2n) is 8.98. The molecule has 3 aromatic rings. The lowest BCUT2D eigenvalue weighted by molar-refractivity contribution is 0.0860. The number of allylic oxidation sites excluding steroid dienone is 4. The van der Waals surface area contributed by atoms with Crippen molar-refractivity contribution in [3.05, 3.63) is 95.1 Å². The molecule has 10 nitrogen and oxygen atoms in total. The van der Waals surface area contributed by atoms with E-state index in [1.165, 1.54) is 54.6 Å². The largest absolute Gasteiger partial charge is 0.460 e. The van der Waals surface area contributed by atoms with E-state index in [2.05, 4.69) is 9.44 Å². The van der Waals surface area contributed by atoms with Gasteiger partial charge in [0.25, 0.3) is 20.0 Å². The lowest BCUT2D eigenvalue weighted by atomic mass is 9.80. The van der Waals surface area contributed by atoms with Crippen LogP contribution >= 0.6 is 0 Å². The topological polar surface area (TPSA) is 171 Å². The van der Waals surface area contributed by atoms with Crippen molar-refractivity contribution in [2.75, 3.05) is 20.9 Å². The predicted octanol–water partition coefficient (Wildman–Crippen LogP) is 3.70. The van der Waals surface area contributed by atoms with Crippen LogP contribution in [0, 0.1) is 11.8 Å². The van der Waals surface area contributed by atoms with Crippen LogP contribution < -0.4 is 25.6 Å². The van der Waals surface area contributed by atoms with Gasteiger partial charge in [0.15, 0.2) is 5.78 Å². The molecule has 2 aliphatic rings. The highest BCUT2D eigenvalue weighted by molar-refractivity contribution is 7.96. The maximum atomic E-state index is 13.6. The van der Waals surface area contributed by atoms with E-state index in [-0.39, 0.29) is 26.9 Å². The molecule has 12 heteroatoms. The van der Waals surface area contributed by atoms with Gasteiger partial charge >= 0.3 is 0 Å². The zero-order valence-electron chi connectivity index (χ0n) is 20.1. The molecule has 5 rings (SSSR count). The number of Topliss-reactive ketones (excluding diaryl/α,β-unsaturated/α-hetero) is 1. The number of ketones is 1. The van der Waals surface area contributed by atoms with Crippen molar-refractivity contribution >= 4 is 48.6 Å². The Labute approximate surface area is 220 Å². The Morgan fingerprint density at radius 1 is 0.763 bits per heavy atom. The monoisotopic (exact) mass is 552 g/mol. The van der Waals surface area contributed by atoms with Gasteiger partial charge < -0.3 is 16.2 Å². The third-order valence-electron chi connectivity index (χ3n) is 6.34. The number of nitrogens with two attached hydrogens (primary N) is 2. The molecule has 0 bridgehead atoms. The Bertz CT molecular complexity index is 1710. The Kier molecular flexibility index (Phi) is 6.16. The fourth-order valence-electron chi connectivity index (χ4n) is 4.40. The first-order valence-electron chi connectivity index (χ1n) is 11.5. The number of sulfonamides is 2. The molecule has 1 aliphatic carbocycles. The van der Waals surface area contributed by atoms with Crippen molar-refractivity contribution in [1.29, 1.82) is 0 Å². The maximum absolute atomic E-state index is 13.6. The minimum atomic E-state index is -4.04. The van der Waals surface area contributed by atoms with E-state index >= 15 is 0 Å². The van der Waals surface area contributed by atoms with Crippen LogP contribution in [0.2, 0.25) is 0 Å². The van der Waals surface area contributed by atoms with Crippen LogP contribution in [-0.2, 0) is 20.0 Å². The molecule has 2 atom stereocenters. The number of anilines is 4. The number of carbonyl (C=O) groups is 1. The number of benzene rings is 3. The van der Waals surface area contributed by atoms with Crippen LogP contribution in [0.5, 0.6) is 5.75 Å². The summed E-state index contributed by atoms with van der Waals surface area (Å²) in [5.41, 5.74) is 13.0. The number of hydrogen-bond donors (Lipinski definition) is 4. The van der Waals surface area contributed by atoms with Crippen LogP contribution in [0.15, 0.2) is 94.4 Å². The van der Waals surface area contributed by atoms with E-state index < -0.39 is 37.7 Å². The number of nitrogen functional groups attached to an aromatic ring is 2. The minimum Gasteiger partial charge on any atom is -0.460 e. The molecule has 2 unspecified atom stereocenters. The van der Waals surface area contributed by atoms with Crippen molar-refractivity contribution in [3.63, 3.8) is 0 Å². The Morgan fingerprint density at radius 2 is 1.32 bits per heavy atom. The second kappa shape index (κ2) is 9.23. The van der Waals surface area contributed by atoms with E-state index in [4.69, 9.17) is 16.2 Å². The molecule has 0 saturated heterocycles. The number of nitrogens with one attached hydrogen (secondary N) is 2. The van der Waals surface area contributed by atoms with Gasteiger partial charge in [-0.25, -0.2) is 16.8 Å². The van der Waals surface area contributed by atoms with Gasteiger partial charge in [0, 0.05) is 28.7 Å². The first kappa shape index (κ1) is 25.4. The lowest BCUT2D eigenvalue weighted by Crippen LogP contribution is -2.36. The van der Waals surface area contributed by atoms with Gasteiger partial charge in [-0.05, 0) is 78.9 Å². The van der Waals surface area contributed by atoms with Gasteiger partial charge in [-0.2, -0.15) is 0 Å². The zero-order chi connectivity index (χ0) is 27.2. The molecule has 0 fully saturated rings. The molecule has 1 heterocycles. The van der Waals surface area contributed by atoms with Gasteiger partial charge in [0.1, 0.15) is 11.5 Å². The average Bonchev–Trinajstić information content (AvgIpc) is 2.86. The third-order valence-corrected chi connectivity index (χ3v) is 9.35. The molecule has 0 radical (unpaired) electrons. The first-order chi connectivity index (χ1) is 17.9. The van der Waals surface area contributed by atoms with Gasteiger partial charge in [-0.15, -0.1) is 0 Å². The van der Waals surface area contributed by atoms with Crippen molar-refractivity contribution in [2.45, 2.75) is 11.8 Å². The summed E-state index contributed by atoms with van der Waals surface area (Å²) < 4.78 is 63.2. The van der Waals surface area contributed by atoms with E-state index in [9.17, 15) is 21.6 Å². The van der Waals surface area contributed by atoms with E-state index in [0.717, 1.165) is 0 Å². The smallest absolute Gasteiger partial charge is 0.261 e. The second-order valence-corrected chi connectivity index (χ2v) is 12.3. The van der Waals surface area contributed by atoms with Crippen LogP contribution in [-0.4, -0.2) is 22.6 Å². The highest BCUT2D eigenvalue weighted by Gasteiger charge is 2.43. The van der Waals surface area contributed by atoms with Crippen molar-refractivity contribution in [2.24, 2.45) is 11.8 Å². The number of carbonyl (C=O) groups excluding carboxylic acids is 1. The molecule has 0 amide bonds. The summed E-state index contributed by atoms with van der Waals surface area (Å²) in [5.74, 6) is -1.70. The Hall–Kier alpha value is -4.29. The molecule has 6 N–H and O–H groups in total. The van der Waals surface area contributed by atoms with Crippen LogP contribution in [0.25, 0.3) is 0 Å². The van der Waals surface area contributed by atoms with Crippen molar-refractivity contribution < 1.29 is 26.4 Å². The van der Waals surface area contributed by atoms with Crippen molar-refractivity contribution in [1.82, 2.24) is 0 Å². The summed E-state index contributed by atoms with van der Waals surface area (Å²) in [4.78, 5) is 13.5. The summed E-state index contributed by atoms with van der Waals surface area (Å²) in [6, 6.07) is 16.3. The standard InChI is InChI=1S/C26H24N4O6S2/c1-15-24(38(34,35)30-19-8-4-17(28)5-9-19)13-12-23-25(15)26(31)21-14-20(10-11-22(21)36-23)37(32,33)29-18-6-2-16(27)3-7-18/h2-15,25,29-30H,27-28H2,1H3. The number of fused-ring (bicyclic) bond motifs is 2. The molecule has 196 valence electrons. The summed E-state index contributed by atoms with van der Waals surface area (Å²) in [6.45, 7) is 1.61. The summed E-state index contributed by atoms with van der Waals surface area (Å²) in [5, 5.41) is 0. The van der Waals surface area contributed by atoms with E-state index in [1.54, 1.807) is 31.2 Å². The van der Waals surface area contributed by atoms with Gasteiger partial charge in [0.05, 0.1) is 21.3 Å². The quantitative estimate of drug-likeness (QED) is 0.335. The molecule has 3 aromatic carbocycles. The van der Waals surface area contributed by atoms with Crippen LogP contribution in [0.1, 0.15) is 17.3 Å². The Morgan fingerprint density at radius 3 is 1.89 bits per heavy atom. The van der Waals surface area contributed by atoms with E-state index in [1.807, 2.05) is 0 Å². The van der Waals surface area contributed by atoms with E-state index in [0.29, 0.717) is 22.7 Å². The normalized spacial score (nSPS) is 18.8. The lowest BCUT2D eigenvalue weighted by Gasteiger charge is -2.33. The maximum Gasteiger partial charge on any atom is 0.261 e. The summed E-state index contributed by atoms with van der Waals surface area (Å²) >= 11 is 0. The summed E-state index contributed by atoms with van der Waals surface area (Å²) in [6.07, 6.45) is 2.86. The molecule has 38 heavy (non-hydrogen) atoms. The Balaban J connectivity index is 1.43. The van der Waals surface area contributed by atoms with Crippen molar-refractivity contribution in [3.8, 4) is 5.75 Å². The number of hydrogen-bond acceptors (Lipinski definition) is 8. The number of rotatable bonds is 6. The fraction of sp³-hybridized carbons (Fsp3) is 0.115. The molecule has 0 spiro atoms. The first-order valence-corrected chi connectivity index (χ1v) is 14.5. The van der Waals surface area contributed by atoms with Crippen LogP contribution in [0.4, 0.5) is 22.7 Å². The highest BCUT2D eigenvalue weighted by Crippen LogP contribution is 2.43. The fourth-order valence-corrected chi connectivity index (χ4v) is 6.92. The summed E-state index contributed by atoms with van der Waals surface area (Å²) in [7, 11) is -8.05. The number of ether oxygens (including phenoxy) is 1. The molecule has 1 aliphatic heterocycles. The molecular formula is C26H24N4O6S2. The van der Waals surface area contributed by atoms with Gasteiger partial charge in [-0.3, -0.25) is 14.2 Å². The molecular weight excluding hydrogens is 528 g/mol. The SMILES string of the molecule is CC1C(S(=O)(=O)Nc2ccc(N)cc2)=CC=C2Oc3ccc(S(=O)(=O)Nc4ccc(N)cc4)cc3C(=O)C21. The van der Waals surface area contributed by atoms with Gasteiger partial charge in [0.2, 0.25) is 0 Å².